The second-order valence-corrected chi connectivity index (χ2v) is 8.22. The van der Waals surface area contributed by atoms with Crippen LogP contribution in [0.1, 0.15) is 40.5 Å². The van der Waals surface area contributed by atoms with E-state index in [2.05, 4.69) is 21.7 Å². The van der Waals surface area contributed by atoms with E-state index in [1.807, 2.05) is 20.8 Å². The predicted octanol–water partition coefficient (Wildman–Crippen LogP) is 1.59. The molecule has 2 aliphatic heterocycles. The molecule has 2 fully saturated rings. The van der Waals surface area contributed by atoms with Crippen LogP contribution in [-0.2, 0) is 4.74 Å². The lowest BCUT2D eigenvalue weighted by Gasteiger charge is -2.36. The zero-order chi connectivity index (χ0) is 18.4. The lowest BCUT2D eigenvalue weighted by Crippen LogP contribution is -2.53. The lowest BCUT2D eigenvalue weighted by molar-refractivity contribution is 0.0186. The van der Waals surface area contributed by atoms with Gasteiger partial charge in [-0.15, -0.1) is 0 Å². The molecule has 0 aliphatic carbocycles. The summed E-state index contributed by atoms with van der Waals surface area (Å²) in [4.78, 5) is 22.9. The first-order valence-electron chi connectivity index (χ1n) is 9.50. The van der Waals surface area contributed by atoms with Gasteiger partial charge in [-0.25, -0.2) is 4.79 Å². The van der Waals surface area contributed by atoms with Crippen LogP contribution in [0.2, 0.25) is 0 Å². The van der Waals surface area contributed by atoms with E-state index in [4.69, 9.17) is 10.5 Å². The number of carbonyl (C=O) groups is 1. The standard InChI is InChI=1S/C18H35N5O2/c1-15-5-8-21(9-6-15)10-7-20-16(19)22-11-13-23(14-12-22)17(24)25-18(2,3)4/h15H,5-14H2,1-4H3,(H2,19,20). The number of rotatable bonds is 3. The summed E-state index contributed by atoms with van der Waals surface area (Å²) in [5, 5.41) is 0. The van der Waals surface area contributed by atoms with Crippen LogP contribution in [0.15, 0.2) is 4.99 Å². The Kier molecular flexibility index (Phi) is 6.93. The maximum Gasteiger partial charge on any atom is 0.410 e. The summed E-state index contributed by atoms with van der Waals surface area (Å²) in [5.74, 6) is 1.44. The number of piperazine rings is 1. The van der Waals surface area contributed by atoms with Crippen molar-refractivity contribution < 1.29 is 9.53 Å². The molecule has 0 aromatic heterocycles. The fraction of sp³-hybridized carbons (Fsp3) is 0.889. The summed E-state index contributed by atoms with van der Waals surface area (Å²) in [6.45, 7) is 14.7. The number of aliphatic imine (C=N–C) groups is 1. The van der Waals surface area contributed by atoms with Crippen molar-refractivity contribution in [2.24, 2.45) is 16.6 Å². The SMILES string of the molecule is CC1CCN(CCN=C(N)N2CCN(C(=O)OC(C)(C)C)CC2)CC1. The zero-order valence-corrected chi connectivity index (χ0v) is 16.3. The lowest BCUT2D eigenvalue weighted by atomic mass is 9.99. The zero-order valence-electron chi connectivity index (χ0n) is 16.3. The molecular weight excluding hydrogens is 318 g/mol. The third kappa shape index (κ3) is 6.72. The Morgan fingerprint density at radius 2 is 1.64 bits per heavy atom. The number of piperidine rings is 1. The summed E-state index contributed by atoms with van der Waals surface area (Å²) >= 11 is 0. The molecule has 0 unspecified atom stereocenters. The van der Waals surface area contributed by atoms with Crippen LogP contribution in [-0.4, -0.2) is 84.7 Å². The number of hydrogen-bond acceptors (Lipinski definition) is 4. The van der Waals surface area contributed by atoms with Crippen LogP contribution >= 0.6 is 0 Å². The van der Waals surface area contributed by atoms with Gasteiger partial charge >= 0.3 is 6.09 Å². The van der Waals surface area contributed by atoms with E-state index in [9.17, 15) is 4.79 Å². The van der Waals surface area contributed by atoms with Crippen LogP contribution in [0, 0.1) is 5.92 Å². The number of carbonyl (C=O) groups excluding carboxylic acids is 1. The van der Waals surface area contributed by atoms with Crippen LogP contribution in [0.3, 0.4) is 0 Å². The quantitative estimate of drug-likeness (QED) is 0.616. The summed E-state index contributed by atoms with van der Waals surface area (Å²) in [7, 11) is 0. The van der Waals surface area contributed by atoms with Gasteiger partial charge in [-0.05, 0) is 52.6 Å². The van der Waals surface area contributed by atoms with E-state index in [-0.39, 0.29) is 6.09 Å². The minimum atomic E-state index is -0.457. The molecule has 2 aliphatic rings. The highest BCUT2D eigenvalue weighted by atomic mass is 16.6. The third-order valence-corrected chi connectivity index (χ3v) is 4.82. The first kappa shape index (κ1) is 19.8. The van der Waals surface area contributed by atoms with E-state index < -0.39 is 5.60 Å². The van der Waals surface area contributed by atoms with E-state index in [0.717, 1.165) is 19.0 Å². The van der Waals surface area contributed by atoms with Gasteiger partial charge in [0.2, 0.25) is 0 Å². The molecule has 7 nitrogen and oxygen atoms in total. The van der Waals surface area contributed by atoms with E-state index in [0.29, 0.717) is 32.1 Å². The molecule has 2 saturated heterocycles. The van der Waals surface area contributed by atoms with Crippen LogP contribution in [0.25, 0.3) is 0 Å². The number of nitrogens with zero attached hydrogens (tertiary/aromatic N) is 4. The van der Waals surface area contributed by atoms with Crippen molar-refractivity contribution in [1.82, 2.24) is 14.7 Å². The summed E-state index contributed by atoms with van der Waals surface area (Å²) in [5.41, 5.74) is 5.67. The minimum Gasteiger partial charge on any atom is -0.444 e. The average Bonchev–Trinajstić information content (AvgIpc) is 2.55. The highest BCUT2D eigenvalue weighted by Gasteiger charge is 2.26. The summed E-state index contributed by atoms with van der Waals surface area (Å²) in [6.07, 6.45) is 2.32. The third-order valence-electron chi connectivity index (χ3n) is 4.82. The molecule has 0 spiro atoms. The van der Waals surface area contributed by atoms with Gasteiger partial charge < -0.3 is 25.2 Å². The van der Waals surface area contributed by atoms with Crippen molar-refractivity contribution >= 4 is 12.1 Å². The largest absolute Gasteiger partial charge is 0.444 e. The second-order valence-electron chi connectivity index (χ2n) is 8.22. The van der Waals surface area contributed by atoms with Crippen molar-refractivity contribution in [3.63, 3.8) is 0 Å². The number of hydrogen-bond donors (Lipinski definition) is 1. The maximum atomic E-state index is 12.1. The molecule has 0 bridgehead atoms. The van der Waals surface area contributed by atoms with Crippen molar-refractivity contribution in [3.8, 4) is 0 Å². The first-order valence-corrected chi connectivity index (χ1v) is 9.50. The molecule has 0 aromatic rings. The number of guanidine groups is 1. The van der Waals surface area contributed by atoms with Crippen molar-refractivity contribution in [2.45, 2.75) is 46.1 Å². The fourth-order valence-electron chi connectivity index (χ4n) is 3.14. The van der Waals surface area contributed by atoms with Gasteiger partial charge in [0.1, 0.15) is 5.60 Å². The Morgan fingerprint density at radius 3 is 2.20 bits per heavy atom. The van der Waals surface area contributed by atoms with E-state index >= 15 is 0 Å². The smallest absolute Gasteiger partial charge is 0.410 e. The van der Waals surface area contributed by atoms with Crippen LogP contribution < -0.4 is 5.73 Å². The molecule has 2 rings (SSSR count). The average molecular weight is 354 g/mol. The van der Waals surface area contributed by atoms with Gasteiger partial charge in [-0.1, -0.05) is 6.92 Å². The summed E-state index contributed by atoms with van der Waals surface area (Å²) in [6, 6.07) is 0. The maximum absolute atomic E-state index is 12.1. The first-order chi connectivity index (χ1) is 11.7. The molecule has 144 valence electrons. The molecular formula is C18H35N5O2. The molecule has 0 atom stereocenters. The van der Waals surface area contributed by atoms with Gasteiger partial charge in [0.05, 0.1) is 6.54 Å². The molecule has 2 N–H and O–H groups in total. The number of likely N-dealkylation sites (tertiary alicyclic amines) is 1. The fourth-order valence-corrected chi connectivity index (χ4v) is 3.14. The number of amides is 1. The summed E-state index contributed by atoms with van der Waals surface area (Å²) < 4.78 is 5.41. The van der Waals surface area contributed by atoms with Gasteiger partial charge in [0.15, 0.2) is 5.96 Å². The van der Waals surface area contributed by atoms with E-state index in [1.165, 1.54) is 25.9 Å². The number of nitrogens with two attached hydrogens (primary N) is 1. The normalized spacial score (nSPS) is 21.5. The predicted molar refractivity (Wildman–Crippen MR) is 101 cm³/mol. The molecule has 0 aromatic carbocycles. The monoisotopic (exact) mass is 353 g/mol. The minimum absolute atomic E-state index is 0.248. The number of ether oxygens (including phenoxy) is 1. The highest BCUT2D eigenvalue weighted by molar-refractivity contribution is 5.78. The van der Waals surface area contributed by atoms with Crippen LogP contribution in [0.4, 0.5) is 4.79 Å². The van der Waals surface area contributed by atoms with Gasteiger partial charge in [0.25, 0.3) is 0 Å². The Balaban J connectivity index is 1.69. The van der Waals surface area contributed by atoms with Crippen molar-refractivity contribution in [2.75, 3.05) is 52.4 Å². The van der Waals surface area contributed by atoms with Gasteiger partial charge in [-0.3, -0.25) is 4.99 Å². The second kappa shape index (κ2) is 8.74. The topological polar surface area (TPSA) is 74.4 Å². The van der Waals surface area contributed by atoms with Crippen LogP contribution in [0.5, 0.6) is 0 Å². The molecule has 0 saturated carbocycles. The Bertz CT molecular complexity index is 459. The molecule has 2 heterocycles. The van der Waals surface area contributed by atoms with Crippen molar-refractivity contribution in [1.29, 1.82) is 0 Å². The Morgan fingerprint density at radius 1 is 1.08 bits per heavy atom. The Hall–Kier alpha value is -1.50. The van der Waals surface area contributed by atoms with E-state index in [1.54, 1.807) is 4.90 Å². The molecule has 1 amide bonds. The molecule has 7 heteroatoms. The van der Waals surface area contributed by atoms with Gasteiger partial charge in [-0.2, -0.15) is 0 Å². The van der Waals surface area contributed by atoms with Crippen molar-refractivity contribution in [3.05, 3.63) is 0 Å². The highest BCUT2D eigenvalue weighted by Crippen LogP contribution is 2.15. The Labute approximate surface area is 152 Å². The molecule has 25 heavy (non-hydrogen) atoms. The van der Waals surface area contributed by atoms with Gasteiger partial charge in [0, 0.05) is 32.7 Å². The molecule has 0 radical (unpaired) electrons.